The Labute approximate surface area is 211 Å². The fourth-order valence-electron chi connectivity index (χ4n) is 3.75. The van der Waals surface area contributed by atoms with Crippen LogP contribution < -0.4 is 4.74 Å². The highest BCUT2D eigenvalue weighted by molar-refractivity contribution is 8.00. The molecule has 7 heteroatoms. The molecule has 3 rings (SSSR count). The number of benzene rings is 2. The van der Waals surface area contributed by atoms with Gasteiger partial charge in [0.1, 0.15) is 5.75 Å². The number of carbonyl (C=O) groups excluding carboxylic acids is 1. The van der Waals surface area contributed by atoms with Gasteiger partial charge in [-0.05, 0) is 56.7 Å². The van der Waals surface area contributed by atoms with Crippen molar-refractivity contribution in [3.63, 3.8) is 0 Å². The van der Waals surface area contributed by atoms with E-state index in [1.54, 1.807) is 18.7 Å². The molecular weight excluding hydrogens is 470 g/mol. The summed E-state index contributed by atoms with van der Waals surface area (Å²) in [6.45, 7) is 12.8. The molecule has 0 amide bonds. The van der Waals surface area contributed by atoms with E-state index in [9.17, 15) is 9.90 Å². The van der Waals surface area contributed by atoms with Crippen LogP contribution in [-0.4, -0.2) is 39.2 Å². The van der Waals surface area contributed by atoms with Crippen LogP contribution in [0, 0.1) is 0 Å². The number of esters is 1. The molecule has 0 aliphatic carbocycles. The fraction of sp³-hybridized carbons (Fsp3) is 0.444. The molecular formula is C27H34ClNO4S. The molecule has 1 heterocycles. The van der Waals surface area contributed by atoms with Crippen molar-refractivity contribution in [3.05, 3.63) is 58.7 Å². The smallest absolute Gasteiger partial charge is 0.344 e. The van der Waals surface area contributed by atoms with Crippen LogP contribution in [0.3, 0.4) is 0 Å². The van der Waals surface area contributed by atoms with Gasteiger partial charge in [0.25, 0.3) is 0 Å². The van der Waals surface area contributed by atoms with Crippen molar-refractivity contribution < 1.29 is 19.4 Å². The second-order valence-corrected chi connectivity index (χ2v) is 12.2. The topological polar surface area (TPSA) is 60.7 Å². The zero-order chi connectivity index (χ0) is 25.1. The minimum absolute atomic E-state index is 0.0461. The van der Waals surface area contributed by atoms with Crippen molar-refractivity contribution in [1.82, 2.24) is 4.57 Å². The van der Waals surface area contributed by atoms with Gasteiger partial charge in [-0.3, -0.25) is 0 Å². The van der Waals surface area contributed by atoms with E-state index in [4.69, 9.17) is 21.1 Å². The minimum Gasteiger partial charge on any atom is -0.482 e. The van der Waals surface area contributed by atoms with Gasteiger partial charge in [0.2, 0.25) is 0 Å². The molecule has 0 unspecified atom stereocenters. The highest BCUT2D eigenvalue weighted by Gasteiger charge is 2.27. The number of thioether (sulfide) groups is 1. The third-order valence-electron chi connectivity index (χ3n) is 5.02. The van der Waals surface area contributed by atoms with Crippen molar-refractivity contribution in [2.75, 3.05) is 13.2 Å². The number of rotatable bonds is 9. The maximum atomic E-state index is 11.8. The van der Waals surface area contributed by atoms with Gasteiger partial charge in [0.15, 0.2) is 6.61 Å². The number of aliphatic hydroxyl groups is 1. The van der Waals surface area contributed by atoms with Gasteiger partial charge in [0, 0.05) is 44.2 Å². The Balaban J connectivity index is 2.14. The lowest BCUT2D eigenvalue weighted by molar-refractivity contribution is -0.145. The van der Waals surface area contributed by atoms with Crippen LogP contribution in [0.2, 0.25) is 5.02 Å². The number of hydrogen-bond acceptors (Lipinski definition) is 5. The van der Waals surface area contributed by atoms with E-state index in [0.717, 1.165) is 27.1 Å². The van der Waals surface area contributed by atoms with Crippen LogP contribution in [0.15, 0.2) is 47.4 Å². The predicted octanol–water partition coefficient (Wildman–Crippen LogP) is 6.49. The van der Waals surface area contributed by atoms with E-state index in [0.29, 0.717) is 30.3 Å². The summed E-state index contributed by atoms with van der Waals surface area (Å²) in [6.07, 6.45) is 0.493. The maximum Gasteiger partial charge on any atom is 0.344 e. The van der Waals surface area contributed by atoms with Crippen LogP contribution in [-0.2, 0) is 22.5 Å². The molecule has 3 aromatic rings. The summed E-state index contributed by atoms with van der Waals surface area (Å²) < 4.78 is 12.9. The molecule has 1 aromatic heterocycles. The van der Waals surface area contributed by atoms with Crippen molar-refractivity contribution in [1.29, 1.82) is 0 Å². The number of carbonyl (C=O) groups is 1. The van der Waals surface area contributed by atoms with Crippen molar-refractivity contribution >= 4 is 40.2 Å². The molecule has 0 saturated heterocycles. The maximum absolute atomic E-state index is 11.8. The summed E-state index contributed by atoms with van der Waals surface area (Å²) in [6, 6.07) is 13.7. The Bertz CT molecular complexity index is 1140. The van der Waals surface area contributed by atoms with Crippen molar-refractivity contribution in [3.8, 4) is 5.75 Å². The standard InChI is InChI=1S/C27H34ClNO4S/c1-7-32-24(30)17-33-20-12-13-22-21(14-20)25(34-26(2,3)4)23(15-27(5,6)31)29(22)16-18-8-10-19(28)11-9-18/h8-14,31H,7,15-17H2,1-6H3. The predicted molar refractivity (Wildman–Crippen MR) is 140 cm³/mol. The first-order valence-electron chi connectivity index (χ1n) is 11.5. The van der Waals surface area contributed by atoms with E-state index in [1.165, 1.54) is 0 Å². The summed E-state index contributed by atoms with van der Waals surface area (Å²) in [7, 11) is 0. The molecule has 2 aromatic carbocycles. The van der Waals surface area contributed by atoms with Crippen LogP contribution in [0.1, 0.15) is 52.8 Å². The highest BCUT2D eigenvalue weighted by atomic mass is 35.5. The van der Waals surface area contributed by atoms with Gasteiger partial charge in [-0.1, -0.05) is 44.5 Å². The lowest BCUT2D eigenvalue weighted by Gasteiger charge is -2.23. The summed E-state index contributed by atoms with van der Waals surface area (Å²) in [4.78, 5) is 12.9. The van der Waals surface area contributed by atoms with E-state index >= 15 is 0 Å². The first-order chi connectivity index (χ1) is 15.9. The van der Waals surface area contributed by atoms with Gasteiger partial charge in [-0.15, -0.1) is 11.8 Å². The molecule has 0 fully saturated rings. The molecule has 34 heavy (non-hydrogen) atoms. The molecule has 0 bridgehead atoms. The minimum atomic E-state index is -0.886. The summed E-state index contributed by atoms with van der Waals surface area (Å²) >= 11 is 7.88. The Kier molecular flexibility index (Phi) is 8.27. The second kappa shape index (κ2) is 10.6. The number of hydrogen-bond donors (Lipinski definition) is 1. The summed E-state index contributed by atoms with van der Waals surface area (Å²) in [5, 5.41) is 12.5. The van der Waals surface area contributed by atoms with E-state index < -0.39 is 11.6 Å². The first kappa shape index (κ1) is 26.5. The lowest BCUT2D eigenvalue weighted by Crippen LogP contribution is -2.24. The highest BCUT2D eigenvalue weighted by Crippen LogP contribution is 2.43. The molecule has 0 aliphatic heterocycles. The number of fused-ring (bicyclic) bond motifs is 1. The first-order valence-corrected chi connectivity index (χ1v) is 12.6. The SMILES string of the molecule is CCOC(=O)COc1ccc2c(c1)c(SC(C)(C)C)c(CC(C)(C)O)n2Cc1ccc(Cl)cc1. The average molecular weight is 504 g/mol. The second-order valence-electron chi connectivity index (χ2n) is 9.96. The van der Waals surface area contributed by atoms with Crippen LogP contribution >= 0.6 is 23.4 Å². The van der Waals surface area contributed by atoms with E-state index in [1.807, 2.05) is 56.3 Å². The lowest BCUT2D eigenvalue weighted by atomic mass is 10.0. The molecule has 1 N–H and O–H groups in total. The van der Waals surface area contributed by atoms with Crippen LogP contribution in [0.5, 0.6) is 5.75 Å². The fourth-order valence-corrected chi connectivity index (χ4v) is 5.06. The zero-order valence-corrected chi connectivity index (χ0v) is 22.3. The van der Waals surface area contributed by atoms with Gasteiger partial charge in [0.05, 0.1) is 12.2 Å². The van der Waals surface area contributed by atoms with Gasteiger partial charge in [-0.2, -0.15) is 0 Å². The monoisotopic (exact) mass is 503 g/mol. The number of halogens is 1. The Hall–Kier alpha value is -2.15. The number of ether oxygens (including phenoxy) is 2. The Morgan fingerprint density at radius 1 is 1.09 bits per heavy atom. The third-order valence-corrected chi connectivity index (χ3v) is 6.54. The van der Waals surface area contributed by atoms with E-state index in [2.05, 4.69) is 25.3 Å². The number of aromatic nitrogens is 1. The molecule has 0 aliphatic rings. The largest absolute Gasteiger partial charge is 0.482 e. The summed E-state index contributed by atoms with van der Waals surface area (Å²) in [5.74, 6) is 0.213. The molecule has 184 valence electrons. The molecule has 0 radical (unpaired) electrons. The zero-order valence-electron chi connectivity index (χ0n) is 20.8. The van der Waals surface area contributed by atoms with Crippen molar-refractivity contribution in [2.45, 2.75) is 69.8 Å². The molecule has 0 spiro atoms. The van der Waals surface area contributed by atoms with Gasteiger partial charge in [-0.25, -0.2) is 4.79 Å². The van der Waals surface area contributed by atoms with E-state index in [-0.39, 0.29) is 11.4 Å². The van der Waals surface area contributed by atoms with Crippen LogP contribution in [0.25, 0.3) is 10.9 Å². The molecule has 0 saturated carbocycles. The Morgan fingerprint density at radius 3 is 2.35 bits per heavy atom. The normalized spacial score (nSPS) is 12.2. The summed E-state index contributed by atoms with van der Waals surface area (Å²) in [5.41, 5.74) is 2.35. The number of nitrogens with zero attached hydrogens (tertiary/aromatic N) is 1. The van der Waals surface area contributed by atoms with Gasteiger partial charge >= 0.3 is 5.97 Å². The van der Waals surface area contributed by atoms with Gasteiger partial charge < -0.3 is 19.1 Å². The van der Waals surface area contributed by atoms with Crippen molar-refractivity contribution in [2.24, 2.45) is 0 Å². The Morgan fingerprint density at radius 2 is 1.76 bits per heavy atom. The molecule has 0 atom stereocenters. The quantitative estimate of drug-likeness (QED) is 0.267. The third kappa shape index (κ3) is 7.17. The average Bonchev–Trinajstić information content (AvgIpc) is 2.98. The van der Waals surface area contributed by atoms with Crippen LogP contribution in [0.4, 0.5) is 0 Å². The molecule has 5 nitrogen and oxygen atoms in total.